The Morgan fingerprint density at radius 3 is 1.02 bits per heavy atom. The Bertz CT molecular complexity index is 4330. The van der Waals surface area contributed by atoms with Gasteiger partial charge in [-0.05, 0) is 132 Å². The minimum Gasteiger partial charge on any atom is -0.444 e. The number of H-pyrrole nitrogens is 2. The van der Waals surface area contributed by atoms with Gasteiger partial charge >= 0.3 is 24.4 Å². The third-order valence-corrected chi connectivity index (χ3v) is 19.3. The van der Waals surface area contributed by atoms with Gasteiger partial charge in [-0.1, -0.05) is 168 Å². The van der Waals surface area contributed by atoms with E-state index >= 15 is 0 Å². The Morgan fingerprint density at radius 2 is 0.701 bits per heavy atom. The fourth-order valence-electron chi connectivity index (χ4n) is 13.0. The lowest BCUT2D eigenvalue weighted by Crippen LogP contribution is -2.51. The van der Waals surface area contributed by atoms with E-state index in [-0.39, 0.29) is 64.8 Å². The largest absolute Gasteiger partial charge is 0.444 e. The molecule has 0 saturated carbocycles. The van der Waals surface area contributed by atoms with Crippen molar-refractivity contribution in [2.24, 2.45) is 11.7 Å². The maximum absolute atomic E-state index is 12.9. The minimum atomic E-state index is -0.506. The molecule has 0 spiro atoms. The second-order valence-electron chi connectivity index (χ2n) is 36.0. The molecule has 0 atom stereocenters. The van der Waals surface area contributed by atoms with Gasteiger partial charge in [-0.2, -0.15) is 10.2 Å². The van der Waals surface area contributed by atoms with Gasteiger partial charge in [0.05, 0.1) is 52.6 Å². The van der Waals surface area contributed by atoms with E-state index in [0.717, 1.165) is 99.2 Å². The number of rotatable bonds is 16. The summed E-state index contributed by atoms with van der Waals surface area (Å²) < 4.78 is 27.3. The molecule has 4 amide bonds. The first-order valence-corrected chi connectivity index (χ1v) is 44.1. The van der Waals surface area contributed by atoms with Crippen LogP contribution in [0.15, 0.2) is 176 Å². The van der Waals surface area contributed by atoms with Crippen LogP contribution in [-0.4, -0.2) is 331 Å². The molecule has 5 saturated heterocycles. The van der Waals surface area contributed by atoms with Gasteiger partial charge in [0.25, 0.3) is 0 Å². The number of allylic oxidation sites excluding steroid dienone is 1. The average Bonchev–Trinajstić information content (AvgIpc) is 1.80. The number of hydrazine groups is 1. The monoisotopic (exact) mass is 1830 g/mol. The number of nitrogens with one attached hydrogen (secondary N) is 4. The summed E-state index contributed by atoms with van der Waals surface area (Å²) in [5, 5.41) is 21.5. The van der Waals surface area contributed by atoms with Gasteiger partial charge in [0, 0.05) is 179 Å². The number of anilines is 2. The van der Waals surface area contributed by atoms with E-state index in [9.17, 15) is 33.6 Å². The molecule has 127 heavy (non-hydrogen) atoms. The Balaban J connectivity index is 0.000000316. The summed E-state index contributed by atoms with van der Waals surface area (Å²) in [5.41, 5.74) is 7.59. The summed E-state index contributed by atoms with van der Waals surface area (Å²) in [6, 6.07) is 48.3. The minimum absolute atomic E-state index is 0. The molecular formula is C94H146BrN19O13. The van der Waals surface area contributed by atoms with Crippen LogP contribution < -0.4 is 32.1 Å². The Labute approximate surface area is 762 Å². The predicted molar refractivity (Wildman–Crippen MR) is 509 cm³/mol. The molecule has 702 valence electrons. The fourth-order valence-corrected chi connectivity index (χ4v) is 13.3. The van der Waals surface area contributed by atoms with Crippen LogP contribution >= 0.6 is 15.9 Å². The van der Waals surface area contributed by atoms with Gasteiger partial charge in [-0.15, -0.1) is 0 Å². The van der Waals surface area contributed by atoms with E-state index in [4.69, 9.17) is 23.7 Å². The van der Waals surface area contributed by atoms with E-state index in [0.29, 0.717) is 88.6 Å². The fraction of sp³-hybridized carbons (Fsp3) is 0.521. The Morgan fingerprint density at radius 1 is 0.402 bits per heavy atom. The molecule has 5 aliphatic heterocycles. The number of ether oxygens (including phenoxy) is 5. The maximum Gasteiger partial charge on any atom is 0.410 e. The van der Waals surface area contributed by atoms with Gasteiger partial charge in [-0.3, -0.25) is 51.0 Å². The number of nitrogens with two attached hydrogens (primary N) is 2. The zero-order valence-corrected chi connectivity index (χ0v) is 80.6. The molecule has 7 heterocycles. The van der Waals surface area contributed by atoms with Crippen molar-refractivity contribution in [2.75, 3.05) is 195 Å². The van der Waals surface area contributed by atoms with E-state index < -0.39 is 16.8 Å². The van der Waals surface area contributed by atoms with Gasteiger partial charge in [-0.25, -0.2) is 19.2 Å². The van der Waals surface area contributed by atoms with Crippen LogP contribution in [-0.2, 0) is 23.7 Å². The molecule has 0 bridgehead atoms. The second-order valence-corrected chi connectivity index (χ2v) is 36.5. The molecule has 0 aliphatic carbocycles. The highest BCUT2D eigenvalue weighted by molar-refractivity contribution is 9.09. The summed E-state index contributed by atoms with van der Waals surface area (Å²) in [5.74, 6) is 8.23. The molecule has 10 N–H and O–H groups in total. The van der Waals surface area contributed by atoms with Gasteiger partial charge in [0.2, 0.25) is 5.78 Å². The zero-order chi connectivity index (χ0) is 93.4. The highest BCUT2D eigenvalue weighted by Crippen LogP contribution is 2.31. The number of hydrogen-bond acceptors (Lipinski definition) is 25. The van der Waals surface area contributed by atoms with Crippen LogP contribution in [0.4, 0.5) is 30.6 Å². The molecule has 32 nitrogen and oxygen atoms in total. The number of piperazine rings is 5. The number of amides is 4. The third kappa shape index (κ3) is 41.1. The number of aromatic nitrogens is 4. The summed E-state index contributed by atoms with van der Waals surface area (Å²) in [6.45, 7) is 44.1. The quantitative estimate of drug-likeness (QED) is 0.00995. The van der Waals surface area contributed by atoms with Gasteiger partial charge in [0.1, 0.15) is 28.1 Å². The van der Waals surface area contributed by atoms with Crippen molar-refractivity contribution in [3.63, 3.8) is 0 Å². The molecule has 7 aromatic rings. The Kier molecular flexibility index (Phi) is 46.4. The first-order chi connectivity index (χ1) is 59.5. The molecule has 0 unspecified atom stereocenters. The predicted octanol–water partition coefficient (Wildman–Crippen LogP) is 12.2. The molecule has 2 aromatic heterocycles. The van der Waals surface area contributed by atoms with Crippen LogP contribution in [0, 0.1) is 0 Å². The van der Waals surface area contributed by atoms with Crippen molar-refractivity contribution in [3.05, 3.63) is 193 Å². The number of carbonyl (C=O) groups is 7. The van der Waals surface area contributed by atoms with Crippen LogP contribution in [0.5, 0.6) is 0 Å². The van der Waals surface area contributed by atoms with Crippen molar-refractivity contribution in [2.45, 2.75) is 138 Å². The summed E-state index contributed by atoms with van der Waals surface area (Å²) in [4.78, 5) is 106. The van der Waals surface area contributed by atoms with Crippen LogP contribution in [0.1, 0.15) is 135 Å². The molecule has 5 fully saturated rings. The number of carbonyl (C=O) groups excluding carboxylic acids is 7. The highest BCUT2D eigenvalue weighted by Gasteiger charge is 2.33. The van der Waals surface area contributed by atoms with Gasteiger partial charge < -0.3 is 79.0 Å². The lowest BCUT2D eigenvalue weighted by Gasteiger charge is -2.37. The van der Waals surface area contributed by atoms with Crippen molar-refractivity contribution < 1.29 is 62.7 Å². The molecule has 12 rings (SSSR count). The maximum atomic E-state index is 12.9. The summed E-state index contributed by atoms with van der Waals surface area (Å²) >= 11 is 3.10. The third-order valence-electron chi connectivity index (χ3n) is 18.8. The molecule has 33 heteroatoms. The number of alkyl halides is 1. The van der Waals surface area contributed by atoms with E-state index in [1.165, 1.54) is 11.3 Å². The summed E-state index contributed by atoms with van der Waals surface area (Å²) in [6.07, 6.45) is 4.65. The second kappa shape index (κ2) is 54.1. The lowest BCUT2D eigenvalue weighted by molar-refractivity contribution is -0.179. The Hall–Kier alpha value is -10.3. The van der Waals surface area contributed by atoms with Crippen LogP contribution in [0.3, 0.4) is 0 Å². The number of halogens is 1. The topological polar surface area (TPSA) is 366 Å². The van der Waals surface area contributed by atoms with Crippen molar-refractivity contribution >= 4 is 69.0 Å². The van der Waals surface area contributed by atoms with Crippen molar-refractivity contribution in [3.8, 4) is 22.5 Å². The SMILES string of the molecule is CC(C)(C)OC(=O)N1CCN(CC(=O)c2ccccc2)CC1.CC(C)(C)OC(=O)N1CCN(c2cn[nH]c2-c2ccccc2)CC1.CC(C)(C)OC(=O)N1CCNCC1.CN(C)/C=C(/C(=O)c1ccccc1)N1CCN(C(=O)OC(C)(C)C)CC1.CN(C)C(OC(C)(C)C)N(C)C.NN.O.O=C(CBr)c1ccccc1.c1ccc(-c2[nH]ncc2N2CCNCC2)cc1. The highest BCUT2D eigenvalue weighted by atomic mass is 79.9. The number of aromatic amines is 2. The summed E-state index contributed by atoms with van der Waals surface area (Å²) in [7, 11) is 11.8. The smallest absolute Gasteiger partial charge is 0.410 e. The number of Topliss-reactive ketones (excluding diaryl/α,β-unsaturated/α-hetero) is 3. The number of nitrogens with zero attached hydrogens (tertiary/aromatic N) is 13. The number of ketones is 3. The standard InChI is InChI=1S/C20H29N3O3.C18H24N4O2.C17H24N2O3.C13H16N4.C9H18N2O2.C9H22N2O.C8H7BrO.H4N2.H2O/c1-20(2,3)26-19(25)23-13-11-22(12-14-23)17(15-21(4)5)18(24)16-9-7-6-8-10-16;1-18(2,3)24-17(23)22-11-9-21(10-12-22)15-13-19-20-16(15)14-7-5-4-6-8-14;1-17(2,3)22-16(21)19-11-9-18(10-12-19)13-15(20)14-7-5-4-6-8-14;1-2-4-11(5-3-1)13-12(10-15-16-13)17-8-6-14-7-9-17;1-9(2,3)13-8(12)11-6-4-10-5-7-11;1-9(2,3)12-8(10(4)5)11(6)7;9-6-8(10)7-4-2-1-3-5-7;1-2;/h6-10,15H,11-14H2,1-5H3;4-8,13H,9-12H2,1-3H3,(H,19,20);4-8H,9-13H2,1-3H3;1-5,10,14H,6-9H2,(H,15,16);10H,4-7H2,1-3H3;8H,1-7H3;1-5H,6H2;1-2H2;1H2/b17-15-;;;;;;;;. The van der Waals surface area contributed by atoms with Crippen LogP contribution in [0.25, 0.3) is 22.5 Å². The van der Waals surface area contributed by atoms with E-state index in [2.05, 4.69) is 131 Å². The van der Waals surface area contributed by atoms with E-state index in [1.54, 1.807) is 19.6 Å². The van der Waals surface area contributed by atoms with Crippen molar-refractivity contribution in [1.29, 1.82) is 0 Å². The first kappa shape index (κ1) is 109. The zero-order valence-electron chi connectivity index (χ0n) is 79.0. The molecule has 5 aromatic carbocycles. The van der Waals surface area contributed by atoms with Crippen LogP contribution in [0.2, 0.25) is 0 Å². The first-order valence-electron chi connectivity index (χ1n) is 43.0. The number of benzene rings is 5. The average molecular weight is 1830 g/mol. The molecular weight excluding hydrogens is 1680 g/mol. The lowest BCUT2D eigenvalue weighted by atomic mass is 10.1. The van der Waals surface area contributed by atoms with Gasteiger partial charge in [0.15, 0.2) is 17.9 Å². The van der Waals surface area contributed by atoms with Crippen molar-refractivity contribution in [1.82, 2.24) is 75.1 Å². The normalized spacial score (nSPS) is 15.1. The van der Waals surface area contributed by atoms with E-state index in [1.807, 2.05) is 279 Å². The molecule has 0 radical (unpaired) electrons. The number of hydrogen-bond donors (Lipinski definition) is 6. The molecule has 5 aliphatic rings.